The molecular weight excluding hydrogens is 488 g/mol. The fourth-order valence-electron chi connectivity index (χ4n) is 5.79. The second-order valence-corrected chi connectivity index (χ2v) is 10.5. The van der Waals surface area contributed by atoms with Crippen molar-refractivity contribution in [3.05, 3.63) is 29.3 Å². The smallest absolute Gasteiger partial charge is 0.426 e. The van der Waals surface area contributed by atoms with Crippen LogP contribution in [0.1, 0.15) is 49.7 Å². The maximum absolute atomic E-state index is 12.7. The second kappa shape index (κ2) is 10.3. The number of alkyl halides is 6. The van der Waals surface area contributed by atoms with Crippen LogP contribution in [0.4, 0.5) is 36.8 Å². The van der Waals surface area contributed by atoms with E-state index < -0.39 is 24.5 Å². The van der Waals surface area contributed by atoms with Crippen molar-refractivity contribution in [1.29, 1.82) is 0 Å². The standard InChI is InChI=1S/C25H33F6N3O2/c1-18-15-19(5-6-20(18)33-10-3-2-4-11-33)16-32-12-7-23(17-32)8-13-34(14-9-23)22(35)36-21(24(26,27)28)25(29,30)31/h5-6,15,21H,2-4,7-14,16-17H2,1H3. The quantitative estimate of drug-likeness (QED) is 0.462. The molecule has 0 bridgehead atoms. The van der Waals surface area contributed by atoms with Gasteiger partial charge < -0.3 is 14.5 Å². The fraction of sp³-hybridized carbons (Fsp3) is 0.720. The third kappa shape index (κ3) is 6.20. The van der Waals surface area contributed by atoms with E-state index in [1.165, 1.54) is 36.1 Å². The lowest BCUT2D eigenvalue weighted by atomic mass is 9.78. The zero-order valence-electron chi connectivity index (χ0n) is 20.4. The molecule has 0 radical (unpaired) electrons. The van der Waals surface area contributed by atoms with E-state index in [0.29, 0.717) is 12.8 Å². The number of piperidine rings is 2. The number of aryl methyl sites for hydroxylation is 1. The molecule has 3 aliphatic rings. The minimum atomic E-state index is -5.71. The lowest BCUT2D eigenvalue weighted by Gasteiger charge is -2.39. The molecule has 11 heteroatoms. The summed E-state index contributed by atoms with van der Waals surface area (Å²) in [6, 6.07) is 6.59. The Hall–Kier alpha value is -2.17. The molecule has 0 aromatic heterocycles. The molecule has 3 heterocycles. The van der Waals surface area contributed by atoms with Gasteiger partial charge in [-0.25, -0.2) is 4.79 Å². The Balaban J connectivity index is 1.29. The average Bonchev–Trinajstić information content (AvgIpc) is 3.18. The highest BCUT2D eigenvalue weighted by molar-refractivity contribution is 5.68. The van der Waals surface area contributed by atoms with Crippen molar-refractivity contribution in [2.45, 2.75) is 70.4 Å². The highest BCUT2D eigenvalue weighted by Crippen LogP contribution is 2.42. The van der Waals surface area contributed by atoms with Gasteiger partial charge in [-0.3, -0.25) is 4.90 Å². The van der Waals surface area contributed by atoms with Gasteiger partial charge in [-0.1, -0.05) is 12.1 Å². The fourth-order valence-corrected chi connectivity index (χ4v) is 5.79. The van der Waals surface area contributed by atoms with Crippen molar-refractivity contribution in [3.8, 4) is 0 Å². The number of carbonyl (C=O) groups is 1. The van der Waals surface area contributed by atoms with E-state index in [0.717, 1.165) is 44.0 Å². The van der Waals surface area contributed by atoms with E-state index in [4.69, 9.17) is 0 Å². The Kier molecular flexibility index (Phi) is 7.69. The van der Waals surface area contributed by atoms with E-state index in [1.807, 2.05) is 0 Å². The van der Waals surface area contributed by atoms with Crippen molar-refractivity contribution in [3.63, 3.8) is 0 Å². The van der Waals surface area contributed by atoms with E-state index in [1.54, 1.807) is 0 Å². The normalized spacial score (nSPS) is 21.4. The summed E-state index contributed by atoms with van der Waals surface area (Å²) in [5, 5.41) is 0. The van der Waals surface area contributed by atoms with Gasteiger partial charge in [-0.15, -0.1) is 0 Å². The first kappa shape index (κ1) is 26.9. The van der Waals surface area contributed by atoms with Crippen LogP contribution in [-0.2, 0) is 11.3 Å². The molecular formula is C25H33F6N3O2. The molecule has 0 N–H and O–H groups in total. The summed E-state index contributed by atoms with van der Waals surface area (Å²) in [5.74, 6) is 0. The Morgan fingerprint density at radius 3 is 2.14 bits per heavy atom. The molecule has 0 atom stereocenters. The highest BCUT2D eigenvalue weighted by atomic mass is 19.4. The zero-order valence-corrected chi connectivity index (χ0v) is 20.4. The van der Waals surface area contributed by atoms with Crippen LogP contribution < -0.4 is 4.90 Å². The Bertz CT molecular complexity index is 907. The molecule has 1 spiro atoms. The molecule has 1 aromatic carbocycles. The number of carbonyl (C=O) groups excluding carboxylic acids is 1. The van der Waals surface area contributed by atoms with Crippen LogP contribution in [0.3, 0.4) is 0 Å². The number of halogens is 6. The van der Waals surface area contributed by atoms with Crippen LogP contribution in [0.2, 0.25) is 0 Å². The second-order valence-electron chi connectivity index (χ2n) is 10.5. The van der Waals surface area contributed by atoms with Crippen molar-refractivity contribution in [2.24, 2.45) is 5.41 Å². The predicted molar refractivity (Wildman–Crippen MR) is 123 cm³/mol. The Labute approximate surface area is 207 Å². The predicted octanol–water partition coefficient (Wildman–Crippen LogP) is 5.90. The largest absolute Gasteiger partial charge is 0.434 e. The number of hydrogen-bond acceptors (Lipinski definition) is 4. The van der Waals surface area contributed by atoms with Gasteiger partial charge in [0.2, 0.25) is 0 Å². The monoisotopic (exact) mass is 521 g/mol. The number of benzene rings is 1. The number of hydrogen-bond donors (Lipinski definition) is 0. The van der Waals surface area contributed by atoms with Crippen LogP contribution >= 0.6 is 0 Å². The lowest BCUT2D eigenvalue weighted by Crippen LogP contribution is -2.50. The van der Waals surface area contributed by atoms with Gasteiger partial charge >= 0.3 is 18.4 Å². The van der Waals surface area contributed by atoms with Crippen molar-refractivity contribution < 1.29 is 35.9 Å². The summed E-state index contributed by atoms with van der Waals surface area (Å²) in [5.41, 5.74) is 3.67. The molecule has 5 nitrogen and oxygen atoms in total. The molecule has 1 aromatic rings. The third-order valence-electron chi connectivity index (χ3n) is 7.78. The number of ether oxygens (including phenoxy) is 1. The molecule has 3 fully saturated rings. The zero-order chi connectivity index (χ0) is 26.1. The van der Waals surface area contributed by atoms with E-state index in [9.17, 15) is 31.1 Å². The average molecular weight is 522 g/mol. The van der Waals surface area contributed by atoms with E-state index in [-0.39, 0.29) is 18.5 Å². The Morgan fingerprint density at radius 2 is 1.56 bits per heavy atom. The van der Waals surface area contributed by atoms with Crippen LogP contribution in [0.15, 0.2) is 18.2 Å². The number of rotatable bonds is 4. The minimum absolute atomic E-state index is 0.0821. The molecule has 0 saturated carbocycles. The number of anilines is 1. The molecule has 1 amide bonds. The van der Waals surface area contributed by atoms with Crippen molar-refractivity contribution in [2.75, 3.05) is 44.2 Å². The van der Waals surface area contributed by atoms with E-state index in [2.05, 4.69) is 39.7 Å². The van der Waals surface area contributed by atoms with Crippen LogP contribution in [0, 0.1) is 12.3 Å². The lowest BCUT2D eigenvalue weighted by molar-refractivity contribution is -0.308. The first-order valence-corrected chi connectivity index (χ1v) is 12.5. The highest BCUT2D eigenvalue weighted by Gasteiger charge is 2.60. The van der Waals surface area contributed by atoms with Gasteiger partial charge in [0.1, 0.15) is 0 Å². The summed E-state index contributed by atoms with van der Waals surface area (Å²) >= 11 is 0. The minimum Gasteiger partial charge on any atom is -0.426 e. The number of likely N-dealkylation sites (tertiary alicyclic amines) is 2. The first-order chi connectivity index (χ1) is 16.9. The summed E-state index contributed by atoms with van der Waals surface area (Å²) in [6.07, 6.45) is -11.4. The van der Waals surface area contributed by atoms with Gasteiger partial charge in [0, 0.05) is 45.0 Å². The molecule has 202 valence electrons. The molecule has 0 aliphatic carbocycles. The summed E-state index contributed by atoms with van der Waals surface area (Å²) in [7, 11) is 0. The summed E-state index contributed by atoms with van der Waals surface area (Å²) in [4.78, 5) is 17.8. The van der Waals surface area contributed by atoms with Crippen molar-refractivity contribution >= 4 is 11.8 Å². The molecule has 36 heavy (non-hydrogen) atoms. The first-order valence-electron chi connectivity index (χ1n) is 12.5. The summed E-state index contributed by atoms with van der Waals surface area (Å²) < 4.78 is 80.2. The molecule has 3 saturated heterocycles. The van der Waals surface area contributed by atoms with Crippen LogP contribution in [0.5, 0.6) is 0 Å². The molecule has 4 rings (SSSR count). The third-order valence-corrected chi connectivity index (χ3v) is 7.78. The number of amides is 1. The van der Waals surface area contributed by atoms with Crippen LogP contribution in [-0.4, -0.2) is 73.6 Å². The van der Waals surface area contributed by atoms with Gasteiger partial charge in [-0.2, -0.15) is 26.3 Å². The Morgan fingerprint density at radius 1 is 0.944 bits per heavy atom. The van der Waals surface area contributed by atoms with Gasteiger partial charge in [0.05, 0.1) is 0 Å². The molecule has 3 aliphatic heterocycles. The SMILES string of the molecule is Cc1cc(CN2CCC3(CCN(C(=O)OC(C(F)(F)F)C(F)(F)F)CC3)C2)ccc1N1CCCCC1. The van der Waals surface area contributed by atoms with Crippen LogP contribution in [0.25, 0.3) is 0 Å². The summed E-state index contributed by atoms with van der Waals surface area (Å²) in [6.45, 7) is 6.91. The maximum atomic E-state index is 12.7. The maximum Gasteiger partial charge on any atom is 0.434 e. The van der Waals surface area contributed by atoms with Gasteiger partial charge in [0.15, 0.2) is 0 Å². The van der Waals surface area contributed by atoms with E-state index >= 15 is 0 Å². The number of nitrogens with zero attached hydrogens (tertiary/aromatic N) is 3. The van der Waals surface area contributed by atoms with Crippen molar-refractivity contribution in [1.82, 2.24) is 9.80 Å². The van der Waals surface area contributed by atoms with Gasteiger partial charge in [-0.05, 0) is 74.6 Å². The van der Waals surface area contributed by atoms with Gasteiger partial charge in [0.25, 0.3) is 6.10 Å². The molecule has 0 unspecified atom stereocenters. The topological polar surface area (TPSA) is 36.0 Å².